The van der Waals surface area contributed by atoms with Crippen LogP contribution in [0.3, 0.4) is 0 Å². The number of hydrogen-bond acceptors (Lipinski definition) is 14. The number of benzene rings is 1. The molecule has 3 amide bonds. The second kappa shape index (κ2) is 11.3. The zero-order chi connectivity index (χ0) is 30.1. The van der Waals surface area contributed by atoms with Gasteiger partial charge in [-0.2, -0.15) is 8.42 Å². The summed E-state index contributed by atoms with van der Waals surface area (Å²) < 4.78 is 32.0. The number of phenols is 2. The molecule has 3 heterocycles. The average Bonchev–Trinajstić information content (AvgIpc) is 3.35. The first-order chi connectivity index (χ1) is 19.3. The molecule has 20 heteroatoms. The molecule has 18 nitrogen and oxygen atoms in total. The quantitative estimate of drug-likeness (QED) is 0.0297. The smallest absolute Gasteiger partial charge is 0.362 e. The maximum Gasteiger partial charge on any atom is 0.362 e. The normalized spacial score (nSPS) is 17.2. The van der Waals surface area contributed by atoms with Crippen molar-refractivity contribution >= 4 is 67.7 Å². The summed E-state index contributed by atoms with van der Waals surface area (Å²) in [5.41, 5.74) is -1.00. The largest absolute Gasteiger partial charge is 0.504 e. The van der Waals surface area contributed by atoms with Crippen LogP contribution in [0, 0.1) is 0 Å². The number of oxime groups is 1. The fourth-order valence-electron chi connectivity index (χ4n) is 3.73. The van der Waals surface area contributed by atoms with Crippen molar-refractivity contribution in [1.29, 1.82) is 0 Å². The third kappa shape index (κ3) is 5.97. The van der Waals surface area contributed by atoms with Crippen molar-refractivity contribution in [2.75, 3.05) is 11.9 Å². The number of carboxylic acid groups (broad SMARTS) is 1. The van der Waals surface area contributed by atoms with Gasteiger partial charge in [0.25, 0.3) is 11.8 Å². The number of carbonyl (C=O) groups is 4. The van der Waals surface area contributed by atoms with Gasteiger partial charge in [0.15, 0.2) is 28.0 Å². The molecule has 2 atom stereocenters. The summed E-state index contributed by atoms with van der Waals surface area (Å²) in [4.78, 5) is 65.0. The fourth-order valence-corrected chi connectivity index (χ4v) is 5.27. The molecule has 4 rings (SSSR count). The number of rotatable bonds is 11. The van der Waals surface area contributed by atoms with Gasteiger partial charge in [-0.3, -0.25) is 18.9 Å². The van der Waals surface area contributed by atoms with Crippen LogP contribution in [0.5, 0.6) is 11.5 Å². The minimum atomic E-state index is -4.83. The number of aromatic carboxylic acids is 1. The fraction of sp³-hybridized carbons (Fsp3) is 0.238. The zero-order valence-corrected chi connectivity index (χ0v) is 22.2. The minimum Gasteiger partial charge on any atom is -0.504 e. The minimum absolute atomic E-state index is 0.00921. The Morgan fingerprint density at radius 1 is 1.20 bits per heavy atom. The van der Waals surface area contributed by atoms with E-state index in [1.54, 1.807) is 0 Å². The van der Waals surface area contributed by atoms with Crippen LogP contribution >= 0.6 is 11.3 Å². The van der Waals surface area contributed by atoms with E-state index in [0.717, 1.165) is 23.5 Å². The van der Waals surface area contributed by atoms with E-state index >= 15 is 0 Å². The van der Waals surface area contributed by atoms with Gasteiger partial charge in [-0.15, -0.1) is 11.3 Å². The molecule has 6 N–H and O–H groups in total. The lowest BCUT2D eigenvalue weighted by Gasteiger charge is -2.42. The number of fused-ring (bicyclic) bond motifs is 1. The molecular formula is C21H19N7O11S2. The molecule has 0 radical (unpaired) electrons. The number of carboxylic acids is 1. The summed E-state index contributed by atoms with van der Waals surface area (Å²) in [5.74, 6) is -4.55. The van der Waals surface area contributed by atoms with Crippen LogP contribution in [0.25, 0.3) is 11.0 Å². The number of aromatic nitrogens is 3. The molecule has 1 aliphatic rings. The van der Waals surface area contributed by atoms with E-state index < -0.39 is 63.1 Å². The van der Waals surface area contributed by atoms with Crippen molar-refractivity contribution in [3.63, 3.8) is 0 Å². The molecular weight excluding hydrogens is 590 g/mol. The molecule has 216 valence electrons. The van der Waals surface area contributed by atoms with E-state index in [-0.39, 0.29) is 44.9 Å². The van der Waals surface area contributed by atoms with Crippen molar-refractivity contribution in [2.45, 2.75) is 25.4 Å². The maximum absolute atomic E-state index is 13.0. The standard InChI is InChI=1S/C21H19N7O11S2/c1-8-15(19(33)28(8)41(36,37)38)26-18(32)16(12-6-40-21(25-12)22-7-29)27-39-3-2-9-17(20(34)35)24-11-5-14(31)13(30)4-10(11)23-9/h4-8,15,30-31H,2-3H2,1H3,(H,26,32)(H,34,35)(H,22,25,29)(H,36,37,38)/b27-16-/t8-,15+/m1/s1. The first-order valence-corrected chi connectivity index (χ1v) is 13.5. The molecule has 1 fully saturated rings. The number of anilines is 1. The van der Waals surface area contributed by atoms with Crippen LogP contribution in [-0.2, 0) is 35.9 Å². The molecule has 0 saturated carbocycles. The Bertz CT molecular complexity index is 1710. The van der Waals surface area contributed by atoms with Crippen LogP contribution in [-0.4, -0.2) is 96.1 Å². The summed E-state index contributed by atoms with van der Waals surface area (Å²) in [6.07, 6.45) is 0.154. The molecule has 0 unspecified atom stereocenters. The van der Waals surface area contributed by atoms with Crippen molar-refractivity contribution in [3.8, 4) is 11.5 Å². The molecule has 0 bridgehead atoms. The van der Waals surface area contributed by atoms with Crippen LogP contribution < -0.4 is 10.6 Å². The summed E-state index contributed by atoms with van der Waals surface area (Å²) >= 11 is 0.929. The molecule has 0 aliphatic carbocycles. The number of hydrogen-bond donors (Lipinski definition) is 6. The Morgan fingerprint density at radius 2 is 1.85 bits per heavy atom. The highest BCUT2D eigenvalue weighted by Gasteiger charge is 2.51. The van der Waals surface area contributed by atoms with Gasteiger partial charge in [0.1, 0.15) is 18.3 Å². The molecule has 3 aromatic rings. The van der Waals surface area contributed by atoms with E-state index in [2.05, 4.69) is 30.7 Å². The van der Waals surface area contributed by atoms with Gasteiger partial charge in [-0.1, -0.05) is 5.16 Å². The van der Waals surface area contributed by atoms with E-state index in [4.69, 9.17) is 9.39 Å². The zero-order valence-electron chi connectivity index (χ0n) is 20.6. The maximum atomic E-state index is 13.0. The highest BCUT2D eigenvalue weighted by molar-refractivity contribution is 7.84. The number of carbonyl (C=O) groups excluding carboxylic acids is 3. The van der Waals surface area contributed by atoms with Gasteiger partial charge in [0.05, 0.1) is 22.8 Å². The van der Waals surface area contributed by atoms with Crippen molar-refractivity contribution < 1.29 is 52.3 Å². The highest BCUT2D eigenvalue weighted by Crippen LogP contribution is 2.29. The predicted molar refractivity (Wildman–Crippen MR) is 138 cm³/mol. The van der Waals surface area contributed by atoms with Gasteiger partial charge < -0.3 is 30.8 Å². The van der Waals surface area contributed by atoms with Crippen LogP contribution in [0.4, 0.5) is 5.13 Å². The van der Waals surface area contributed by atoms with E-state index in [1.807, 2.05) is 0 Å². The number of thiazole rings is 1. The van der Waals surface area contributed by atoms with Crippen LogP contribution in [0.15, 0.2) is 22.7 Å². The molecule has 2 aromatic heterocycles. The first kappa shape index (κ1) is 29.0. The average molecular weight is 610 g/mol. The summed E-state index contributed by atoms with van der Waals surface area (Å²) in [6.45, 7) is 0.925. The number of aromatic hydroxyl groups is 2. The number of nitrogens with zero attached hydrogens (tertiary/aromatic N) is 5. The van der Waals surface area contributed by atoms with Gasteiger partial charge in [-0.05, 0) is 6.92 Å². The van der Waals surface area contributed by atoms with Crippen molar-refractivity contribution in [3.05, 3.63) is 34.6 Å². The highest BCUT2D eigenvalue weighted by atomic mass is 32.2. The number of phenolic OH excluding ortho intramolecular Hbond substituents is 2. The Hall–Kier alpha value is -4.95. The summed E-state index contributed by atoms with van der Waals surface area (Å²) in [7, 11) is -4.83. The SMILES string of the molecule is C[C@@H]1[C@H](NC(=O)/C(=N\OCCc2nc3cc(O)c(O)cc3nc2C(=O)O)c2csc(NC=O)n2)C(=O)N1S(=O)(=O)O. The second-order valence-corrected chi connectivity index (χ2v) is 10.4. The van der Waals surface area contributed by atoms with Crippen molar-refractivity contribution in [1.82, 2.24) is 24.6 Å². The first-order valence-electron chi connectivity index (χ1n) is 11.2. The third-order valence-corrected chi connectivity index (χ3v) is 7.42. The monoisotopic (exact) mass is 609 g/mol. The Kier molecular flexibility index (Phi) is 7.98. The lowest BCUT2D eigenvalue weighted by molar-refractivity contribution is -0.143. The van der Waals surface area contributed by atoms with Crippen LogP contribution in [0.1, 0.15) is 28.8 Å². The number of nitrogens with one attached hydrogen (secondary N) is 2. The lowest BCUT2D eigenvalue weighted by atomic mass is 10.0. The van der Waals surface area contributed by atoms with Gasteiger partial charge in [0.2, 0.25) is 6.41 Å². The second-order valence-electron chi connectivity index (χ2n) is 8.28. The molecule has 0 spiro atoms. The van der Waals surface area contributed by atoms with E-state index in [1.165, 1.54) is 12.3 Å². The molecule has 41 heavy (non-hydrogen) atoms. The Morgan fingerprint density at radius 3 is 2.44 bits per heavy atom. The molecule has 1 aromatic carbocycles. The van der Waals surface area contributed by atoms with Crippen LogP contribution in [0.2, 0.25) is 0 Å². The van der Waals surface area contributed by atoms with Crippen molar-refractivity contribution in [2.24, 2.45) is 5.16 Å². The number of amides is 3. The van der Waals surface area contributed by atoms with Gasteiger partial charge >= 0.3 is 16.3 Å². The number of β-lactam (4-membered cyclic amide) rings is 1. The molecule has 1 aliphatic heterocycles. The summed E-state index contributed by atoms with van der Waals surface area (Å²) in [5, 5.41) is 38.6. The Balaban J connectivity index is 1.55. The van der Waals surface area contributed by atoms with E-state index in [0.29, 0.717) is 6.41 Å². The Labute approximate surface area is 233 Å². The topological polar surface area (TPSA) is 271 Å². The van der Waals surface area contributed by atoms with Gasteiger partial charge in [-0.25, -0.2) is 24.1 Å². The van der Waals surface area contributed by atoms with Gasteiger partial charge in [0, 0.05) is 23.9 Å². The third-order valence-electron chi connectivity index (χ3n) is 5.64. The predicted octanol–water partition coefficient (Wildman–Crippen LogP) is -0.754. The van der Waals surface area contributed by atoms with E-state index in [9.17, 15) is 42.9 Å². The summed E-state index contributed by atoms with van der Waals surface area (Å²) in [6, 6.07) is -0.312. The lowest BCUT2D eigenvalue weighted by Crippen LogP contribution is -2.71. The molecule has 1 saturated heterocycles.